The van der Waals surface area contributed by atoms with Crippen LogP contribution in [-0.4, -0.2) is 4.57 Å². The fourth-order valence-electron chi connectivity index (χ4n) is 9.33. The van der Waals surface area contributed by atoms with Gasteiger partial charge in [-0.15, -0.1) is 11.3 Å². The fourth-order valence-corrected chi connectivity index (χ4v) is 10.5. The SMILES string of the molecule is c1cc(-c2ccc(N(c3cccc(-c4ccc5ccccc5c4)c3)c3cccc4sc5ccccc5c34)cc2)cc(-c2ccccc2-n2c3ccccc3c3ccccc32)c1. The molecule has 0 unspecified atom stereocenters. The first-order valence-corrected chi connectivity index (χ1v) is 21.6. The zero-order valence-electron chi connectivity index (χ0n) is 33.2. The van der Waals surface area contributed by atoms with E-state index in [-0.39, 0.29) is 0 Å². The smallest absolute Gasteiger partial charge is 0.0554 e. The van der Waals surface area contributed by atoms with Crippen molar-refractivity contribution in [3.8, 4) is 39.1 Å². The fraction of sp³-hybridized carbons (Fsp3) is 0. The van der Waals surface area contributed by atoms with Crippen LogP contribution in [0.4, 0.5) is 17.1 Å². The molecule has 0 atom stereocenters. The Hall–Kier alpha value is -7.72. The standard InChI is InChI=1S/C58H38N2S/c1-2-15-41-36-44(31-30-39(41)14-1)43-17-12-19-47(38-43)59(55-27-13-29-57-58(55)51-23-6-10-28-56(51)61-57)46-34-32-40(33-35-46)42-16-11-18-45(37-42)48-20-3-7-24-52(48)60-53-25-8-4-21-49(53)50-22-5-9-26-54(50)60/h1-38H. The Morgan fingerprint density at radius 3 is 1.75 bits per heavy atom. The maximum atomic E-state index is 2.44. The number of para-hydroxylation sites is 3. The van der Waals surface area contributed by atoms with Crippen molar-refractivity contribution in [2.45, 2.75) is 0 Å². The Labute approximate surface area is 358 Å². The average Bonchev–Trinajstić information content (AvgIpc) is 3.88. The van der Waals surface area contributed by atoms with Crippen LogP contribution < -0.4 is 4.90 Å². The van der Waals surface area contributed by atoms with Gasteiger partial charge in [-0.1, -0.05) is 158 Å². The second-order valence-electron chi connectivity index (χ2n) is 15.7. The first-order chi connectivity index (χ1) is 30.2. The van der Waals surface area contributed by atoms with Crippen molar-refractivity contribution in [1.29, 1.82) is 0 Å². The van der Waals surface area contributed by atoms with E-state index >= 15 is 0 Å². The van der Waals surface area contributed by atoms with Crippen LogP contribution in [0.2, 0.25) is 0 Å². The molecule has 0 aliphatic heterocycles. The molecule has 0 N–H and O–H groups in total. The molecule has 0 saturated heterocycles. The molecule has 2 nitrogen and oxygen atoms in total. The van der Waals surface area contributed by atoms with E-state index in [9.17, 15) is 0 Å². The van der Waals surface area contributed by atoms with Gasteiger partial charge in [0.05, 0.1) is 22.4 Å². The number of fused-ring (bicyclic) bond motifs is 7. The van der Waals surface area contributed by atoms with Crippen LogP contribution in [0.25, 0.3) is 91.8 Å². The van der Waals surface area contributed by atoms with Crippen LogP contribution in [0, 0.1) is 0 Å². The summed E-state index contributed by atoms with van der Waals surface area (Å²) in [6.45, 7) is 0. The summed E-state index contributed by atoms with van der Waals surface area (Å²) in [4.78, 5) is 2.44. The van der Waals surface area contributed by atoms with E-state index in [1.807, 2.05) is 11.3 Å². The third-order valence-corrected chi connectivity index (χ3v) is 13.3. The molecule has 61 heavy (non-hydrogen) atoms. The minimum absolute atomic E-state index is 1.11. The summed E-state index contributed by atoms with van der Waals surface area (Å²) in [7, 11) is 0. The van der Waals surface area contributed by atoms with Crippen molar-refractivity contribution in [2.24, 2.45) is 0 Å². The van der Waals surface area contributed by atoms with E-state index in [0.717, 1.165) is 11.4 Å². The highest BCUT2D eigenvalue weighted by Gasteiger charge is 2.20. The molecule has 0 fully saturated rings. The Kier molecular flexibility index (Phi) is 8.39. The van der Waals surface area contributed by atoms with Gasteiger partial charge in [-0.2, -0.15) is 0 Å². The van der Waals surface area contributed by atoms with E-state index in [0.29, 0.717) is 0 Å². The molecular weight excluding hydrogens is 757 g/mol. The van der Waals surface area contributed by atoms with E-state index < -0.39 is 0 Å². The van der Waals surface area contributed by atoms with Gasteiger partial charge in [0.1, 0.15) is 0 Å². The Morgan fingerprint density at radius 1 is 0.344 bits per heavy atom. The first-order valence-electron chi connectivity index (χ1n) is 20.8. The van der Waals surface area contributed by atoms with Gasteiger partial charge in [-0.25, -0.2) is 0 Å². The molecule has 2 heterocycles. The normalized spacial score (nSPS) is 11.6. The van der Waals surface area contributed by atoms with Crippen LogP contribution >= 0.6 is 11.3 Å². The predicted molar refractivity (Wildman–Crippen MR) is 262 cm³/mol. The number of benzene rings is 10. The molecule has 286 valence electrons. The number of thiophene rings is 1. The van der Waals surface area contributed by atoms with Crippen LogP contribution in [0.15, 0.2) is 231 Å². The lowest BCUT2D eigenvalue weighted by molar-refractivity contribution is 1.18. The number of hydrogen-bond donors (Lipinski definition) is 0. The van der Waals surface area contributed by atoms with Crippen LogP contribution in [0.1, 0.15) is 0 Å². The minimum atomic E-state index is 1.11. The van der Waals surface area contributed by atoms with Gasteiger partial charge >= 0.3 is 0 Å². The van der Waals surface area contributed by atoms with Crippen molar-refractivity contribution < 1.29 is 0 Å². The van der Waals surface area contributed by atoms with Crippen molar-refractivity contribution in [3.63, 3.8) is 0 Å². The summed E-state index contributed by atoms with van der Waals surface area (Å²) in [5.41, 5.74) is 14.1. The third-order valence-electron chi connectivity index (χ3n) is 12.2. The van der Waals surface area contributed by atoms with Crippen molar-refractivity contribution in [2.75, 3.05) is 4.90 Å². The molecule has 0 amide bonds. The van der Waals surface area contributed by atoms with Gasteiger partial charge in [-0.05, 0) is 111 Å². The Bertz CT molecular complexity index is 3560. The summed E-state index contributed by atoms with van der Waals surface area (Å²) in [6.07, 6.45) is 0. The van der Waals surface area contributed by atoms with Gasteiger partial charge in [-0.3, -0.25) is 0 Å². The van der Waals surface area contributed by atoms with Gasteiger partial charge in [0.2, 0.25) is 0 Å². The van der Waals surface area contributed by atoms with E-state index in [2.05, 4.69) is 240 Å². The summed E-state index contributed by atoms with van der Waals surface area (Å²) < 4.78 is 5.00. The molecule has 12 rings (SSSR count). The number of nitrogens with zero attached hydrogens (tertiary/aromatic N) is 2. The zero-order chi connectivity index (χ0) is 40.3. The highest BCUT2D eigenvalue weighted by atomic mass is 32.1. The highest BCUT2D eigenvalue weighted by molar-refractivity contribution is 7.26. The lowest BCUT2D eigenvalue weighted by Gasteiger charge is -2.27. The monoisotopic (exact) mass is 794 g/mol. The summed E-state index contributed by atoms with van der Waals surface area (Å²) in [6, 6.07) is 84.2. The topological polar surface area (TPSA) is 8.17 Å². The second-order valence-corrected chi connectivity index (χ2v) is 16.8. The van der Waals surface area contributed by atoms with Gasteiger partial charge in [0, 0.05) is 47.9 Å². The number of hydrogen-bond acceptors (Lipinski definition) is 2. The molecule has 0 aliphatic carbocycles. The van der Waals surface area contributed by atoms with Gasteiger partial charge < -0.3 is 9.47 Å². The van der Waals surface area contributed by atoms with Crippen LogP contribution in [0.3, 0.4) is 0 Å². The van der Waals surface area contributed by atoms with Gasteiger partial charge in [0.25, 0.3) is 0 Å². The van der Waals surface area contributed by atoms with Gasteiger partial charge in [0.15, 0.2) is 0 Å². The predicted octanol–water partition coefficient (Wildman–Crippen LogP) is 16.8. The average molecular weight is 795 g/mol. The summed E-state index contributed by atoms with van der Waals surface area (Å²) >= 11 is 1.86. The maximum Gasteiger partial charge on any atom is 0.0554 e. The quantitative estimate of drug-likeness (QED) is 0.156. The highest BCUT2D eigenvalue weighted by Crippen LogP contribution is 2.46. The molecule has 0 radical (unpaired) electrons. The van der Waals surface area contributed by atoms with E-state index in [1.54, 1.807) is 0 Å². The van der Waals surface area contributed by atoms with Crippen molar-refractivity contribution in [1.82, 2.24) is 4.57 Å². The largest absolute Gasteiger partial charge is 0.310 e. The summed E-state index contributed by atoms with van der Waals surface area (Å²) in [5, 5.41) is 7.57. The molecule has 0 saturated carbocycles. The van der Waals surface area contributed by atoms with Crippen LogP contribution in [-0.2, 0) is 0 Å². The van der Waals surface area contributed by atoms with E-state index in [4.69, 9.17) is 0 Å². The molecule has 12 aromatic rings. The summed E-state index contributed by atoms with van der Waals surface area (Å²) in [5.74, 6) is 0. The molecule has 3 heteroatoms. The number of rotatable bonds is 7. The molecular formula is C58H38N2S. The van der Waals surface area contributed by atoms with Crippen LogP contribution in [0.5, 0.6) is 0 Å². The minimum Gasteiger partial charge on any atom is -0.310 e. The maximum absolute atomic E-state index is 2.44. The molecule has 0 bridgehead atoms. The lowest BCUT2D eigenvalue weighted by atomic mass is 9.97. The molecule has 10 aromatic carbocycles. The Balaban J connectivity index is 0.969. The zero-order valence-corrected chi connectivity index (χ0v) is 34.1. The lowest BCUT2D eigenvalue weighted by Crippen LogP contribution is -2.10. The molecule has 0 spiro atoms. The molecule has 2 aromatic heterocycles. The number of aromatic nitrogens is 1. The van der Waals surface area contributed by atoms with Crippen molar-refractivity contribution in [3.05, 3.63) is 231 Å². The van der Waals surface area contributed by atoms with Crippen molar-refractivity contribution >= 4 is 81.1 Å². The molecule has 0 aliphatic rings. The first kappa shape index (κ1) is 35.2. The number of anilines is 3. The second kappa shape index (κ2) is 14.5. The van der Waals surface area contributed by atoms with E-state index in [1.165, 1.54) is 97.5 Å². The third kappa shape index (κ3) is 6.01. The Morgan fingerprint density at radius 2 is 0.934 bits per heavy atom.